The number of nitrogens with zero attached hydrogens (tertiary/aromatic N) is 3. The van der Waals surface area contributed by atoms with Crippen LogP contribution in [0.4, 0.5) is 0 Å². The maximum atomic E-state index is 13.7. The monoisotopic (exact) mass is 743 g/mol. The van der Waals surface area contributed by atoms with Gasteiger partial charge in [0.2, 0.25) is 0 Å². The minimum atomic E-state index is -0.899. The second kappa shape index (κ2) is 16.9. The molecule has 2 aromatic heterocycles. The van der Waals surface area contributed by atoms with Crippen molar-refractivity contribution in [3.63, 3.8) is 0 Å². The van der Waals surface area contributed by atoms with Gasteiger partial charge in [-0.05, 0) is 54.5 Å². The average molecular weight is 744 g/mol. The van der Waals surface area contributed by atoms with Crippen LogP contribution in [0.3, 0.4) is 0 Å². The Labute approximate surface area is 321 Å². The highest BCUT2D eigenvalue weighted by molar-refractivity contribution is 6.04. The van der Waals surface area contributed by atoms with Gasteiger partial charge in [0.15, 0.2) is 0 Å². The summed E-state index contributed by atoms with van der Waals surface area (Å²) in [7, 11) is 3.82. The van der Waals surface area contributed by atoms with Crippen LogP contribution in [-0.4, -0.2) is 58.5 Å². The predicted molar refractivity (Wildman–Crippen MR) is 213 cm³/mol. The molecule has 0 amide bonds. The van der Waals surface area contributed by atoms with Gasteiger partial charge in [-0.15, -0.1) is 6.58 Å². The topological polar surface area (TPSA) is 106 Å². The molecule has 0 aliphatic carbocycles. The standard InChI is InChI=1S/C45H49N3O7/c1-5-25-52-30-39-41(38(46-48(39)4)29-55-33-21-19-32(20-22-33)45(50)23-27-51-28-24-45)37-16-10-15-35-36(43(44(49)53-6-2)47(3)42(35)37)17-11-26-54-40-18-9-13-31-12-7-8-14-34(31)40/h5,7-10,12-16,18-22,50H,1,6,11,17,23-30H2,2-4H3. The second-order valence-electron chi connectivity index (χ2n) is 13.9. The van der Waals surface area contributed by atoms with Crippen molar-refractivity contribution in [3.05, 3.63) is 126 Å². The first kappa shape index (κ1) is 37.9. The number of ether oxygens (including phenoxy) is 5. The number of carbonyl (C=O) groups is 1. The minimum absolute atomic E-state index is 0.187. The number of carbonyl (C=O) groups excluding carboxylic acids is 1. The van der Waals surface area contributed by atoms with Gasteiger partial charge in [0.25, 0.3) is 0 Å². The summed E-state index contributed by atoms with van der Waals surface area (Å²) >= 11 is 0. The van der Waals surface area contributed by atoms with E-state index in [2.05, 4.69) is 36.9 Å². The van der Waals surface area contributed by atoms with Gasteiger partial charge in [-0.1, -0.05) is 72.8 Å². The summed E-state index contributed by atoms with van der Waals surface area (Å²) in [6.45, 7) is 8.32. The number of para-hydroxylation sites is 1. The van der Waals surface area contributed by atoms with Gasteiger partial charge in [0, 0.05) is 62.1 Å². The Bertz CT molecular complexity index is 2280. The third-order valence-electron chi connectivity index (χ3n) is 10.4. The lowest BCUT2D eigenvalue weighted by atomic mass is 9.86. The summed E-state index contributed by atoms with van der Waals surface area (Å²) in [6.07, 6.45) is 4.14. The molecule has 1 aliphatic rings. The highest BCUT2D eigenvalue weighted by Gasteiger charge is 2.32. The van der Waals surface area contributed by atoms with Crippen LogP contribution in [0.2, 0.25) is 0 Å². The van der Waals surface area contributed by atoms with Gasteiger partial charge in [-0.3, -0.25) is 4.68 Å². The Morgan fingerprint density at radius 2 is 1.69 bits per heavy atom. The molecule has 0 spiro atoms. The van der Waals surface area contributed by atoms with Crippen molar-refractivity contribution in [1.82, 2.24) is 14.3 Å². The van der Waals surface area contributed by atoms with Crippen LogP contribution in [0, 0.1) is 0 Å². The molecule has 7 rings (SSSR count). The fourth-order valence-electron chi connectivity index (χ4n) is 7.70. The Balaban J connectivity index is 1.22. The summed E-state index contributed by atoms with van der Waals surface area (Å²) < 4.78 is 33.5. The zero-order valence-electron chi connectivity index (χ0n) is 31.9. The molecule has 1 fully saturated rings. The van der Waals surface area contributed by atoms with Crippen molar-refractivity contribution in [2.45, 2.75) is 51.4 Å². The lowest BCUT2D eigenvalue weighted by molar-refractivity contribution is -0.0679. The third kappa shape index (κ3) is 7.89. The smallest absolute Gasteiger partial charge is 0.355 e. The molecule has 10 nitrogen and oxygen atoms in total. The molecule has 6 aromatic rings. The van der Waals surface area contributed by atoms with Crippen LogP contribution >= 0.6 is 0 Å². The zero-order valence-corrected chi connectivity index (χ0v) is 31.9. The number of aromatic nitrogens is 3. The molecule has 0 radical (unpaired) electrons. The number of hydrogen-bond donors (Lipinski definition) is 1. The first-order valence-corrected chi connectivity index (χ1v) is 19.0. The Hall–Kier alpha value is -5.42. The number of esters is 1. The van der Waals surface area contributed by atoms with Crippen LogP contribution in [0.5, 0.6) is 11.5 Å². The Kier molecular flexibility index (Phi) is 11.7. The number of hydrogen-bond acceptors (Lipinski definition) is 8. The molecular formula is C45H49N3O7. The van der Waals surface area contributed by atoms with Gasteiger partial charge in [-0.2, -0.15) is 5.10 Å². The fourth-order valence-corrected chi connectivity index (χ4v) is 7.70. The Morgan fingerprint density at radius 1 is 0.945 bits per heavy atom. The normalized spacial score (nSPS) is 14.0. The van der Waals surface area contributed by atoms with E-state index in [0.717, 1.165) is 61.1 Å². The van der Waals surface area contributed by atoms with E-state index in [1.807, 2.05) is 84.9 Å². The molecule has 0 saturated carbocycles. The van der Waals surface area contributed by atoms with Gasteiger partial charge in [-0.25, -0.2) is 4.79 Å². The number of aryl methyl sites for hydroxylation is 3. The largest absolute Gasteiger partial charge is 0.493 e. The van der Waals surface area contributed by atoms with Crippen LogP contribution < -0.4 is 9.47 Å². The van der Waals surface area contributed by atoms with E-state index in [-0.39, 0.29) is 19.2 Å². The van der Waals surface area contributed by atoms with Crippen molar-refractivity contribution in [1.29, 1.82) is 0 Å². The third-order valence-corrected chi connectivity index (χ3v) is 10.4. The summed E-state index contributed by atoms with van der Waals surface area (Å²) in [4.78, 5) is 13.7. The molecule has 1 saturated heterocycles. The van der Waals surface area contributed by atoms with Gasteiger partial charge >= 0.3 is 5.97 Å². The lowest BCUT2D eigenvalue weighted by Crippen LogP contribution is -2.33. The molecule has 0 unspecified atom stereocenters. The summed E-state index contributed by atoms with van der Waals surface area (Å²) in [5.41, 5.74) is 5.66. The minimum Gasteiger partial charge on any atom is -0.493 e. The quantitative estimate of drug-likeness (QED) is 0.0601. The average Bonchev–Trinajstić information content (AvgIpc) is 3.68. The number of aliphatic hydroxyl groups is 1. The van der Waals surface area contributed by atoms with Gasteiger partial charge in [0.1, 0.15) is 29.5 Å². The molecule has 0 atom stereocenters. The van der Waals surface area contributed by atoms with Crippen molar-refractivity contribution in [3.8, 4) is 22.6 Å². The highest BCUT2D eigenvalue weighted by Crippen LogP contribution is 2.39. The first-order chi connectivity index (χ1) is 26.8. The molecule has 4 aromatic carbocycles. The van der Waals surface area contributed by atoms with Crippen LogP contribution in [0.1, 0.15) is 59.2 Å². The summed E-state index contributed by atoms with van der Waals surface area (Å²) in [5, 5.41) is 19.3. The lowest BCUT2D eigenvalue weighted by Gasteiger charge is -2.32. The van der Waals surface area contributed by atoms with Crippen molar-refractivity contribution >= 4 is 27.6 Å². The molecule has 3 heterocycles. The van der Waals surface area contributed by atoms with Crippen LogP contribution in [-0.2, 0) is 53.5 Å². The first-order valence-electron chi connectivity index (χ1n) is 19.0. The van der Waals surface area contributed by atoms with Crippen molar-refractivity contribution < 1.29 is 33.6 Å². The van der Waals surface area contributed by atoms with E-state index in [0.29, 0.717) is 70.2 Å². The van der Waals surface area contributed by atoms with Crippen LogP contribution in [0.15, 0.2) is 97.6 Å². The number of rotatable bonds is 16. The number of benzene rings is 4. The van der Waals surface area contributed by atoms with E-state index >= 15 is 0 Å². The van der Waals surface area contributed by atoms with E-state index in [4.69, 9.17) is 28.8 Å². The maximum Gasteiger partial charge on any atom is 0.355 e. The van der Waals surface area contributed by atoms with E-state index in [9.17, 15) is 9.90 Å². The highest BCUT2D eigenvalue weighted by atomic mass is 16.5. The van der Waals surface area contributed by atoms with Crippen molar-refractivity contribution in [2.75, 3.05) is 33.0 Å². The fraction of sp³-hybridized carbons (Fsp3) is 0.333. The second-order valence-corrected chi connectivity index (χ2v) is 13.9. The molecule has 286 valence electrons. The Morgan fingerprint density at radius 3 is 2.47 bits per heavy atom. The summed E-state index contributed by atoms with van der Waals surface area (Å²) in [6, 6.07) is 28.0. The molecule has 0 bridgehead atoms. The van der Waals surface area contributed by atoms with E-state index in [1.165, 1.54) is 0 Å². The SMILES string of the molecule is C=CCOCc1c(-c2cccc3c(CCCOc4cccc5ccccc45)c(C(=O)OCC)n(C)c23)c(COc2ccc(C3(O)CCOCC3)cc2)nn1C. The molecule has 10 heteroatoms. The van der Waals surface area contributed by atoms with Gasteiger partial charge in [0.05, 0.1) is 43.2 Å². The van der Waals surface area contributed by atoms with Gasteiger partial charge < -0.3 is 33.4 Å². The van der Waals surface area contributed by atoms with Crippen LogP contribution in [0.25, 0.3) is 32.8 Å². The summed E-state index contributed by atoms with van der Waals surface area (Å²) in [5.74, 6) is 1.14. The molecule has 1 aliphatic heterocycles. The van der Waals surface area contributed by atoms with Crippen molar-refractivity contribution in [2.24, 2.45) is 14.1 Å². The maximum absolute atomic E-state index is 13.7. The van der Waals surface area contributed by atoms with E-state index in [1.54, 1.807) is 6.08 Å². The molecular weight excluding hydrogens is 695 g/mol. The number of fused-ring (bicyclic) bond motifs is 2. The zero-order chi connectivity index (χ0) is 38.4. The molecule has 1 N–H and O–H groups in total. The molecule has 55 heavy (non-hydrogen) atoms. The van der Waals surface area contributed by atoms with E-state index < -0.39 is 5.60 Å². The predicted octanol–water partition coefficient (Wildman–Crippen LogP) is 8.20.